The minimum Gasteiger partial charge on any atom is -0.393 e. The number of hydrogen-bond acceptors (Lipinski definition) is 3. The van der Waals surface area contributed by atoms with Crippen LogP contribution in [0.1, 0.15) is 46.0 Å². The number of rotatable bonds is 6. The van der Waals surface area contributed by atoms with E-state index in [-0.39, 0.29) is 11.8 Å². The van der Waals surface area contributed by atoms with Gasteiger partial charge in [-0.3, -0.25) is 0 Å². The van der Waals surface area contributed by atoms with Crippen molar-refractivity contribution in [3.05, 3.63) is 12.2 Å². The summed E-state index contributed by atoms with van der Waals surface area (Å²) in [5.41, 5.74) is 0. The van der Waals surface area contributed by atoms with Crippen molar-refractivity contribution in [3.8, 4) is 0 Å². The first-order chi connectivity index (χ1) is 8.06. The summed E-state index contributed by atoms with van der Waals surface area (Å²) in [7, 11) is 0. The lowest BCUT2D eigenvalue weighted by Gasteiger charge is -2.16. The van der Waals surface area contributed by atoms with Crippen molar-refractivity contribution in [2.24, 2.45) is 11.8 Å². The van der Waals surface area contributed by atoms with Crippen molar-refractivity contribution >= 4 is 0 Å². The molecular weight excluding hydrogens is 216 g/mol. The molecule has 0 aliphatic heterocycles. The second kappa shape index (κ2) is 7.14. The molecule has 1 aliphatic carbocycles. The zero-order valence-electron chi connectivity index (χ0n) is 10.9. The third-order valence-corrected chi connectivity index (χ3v) is 3.80. The van der Waals surface area contributed by atoms with Crippen LogP contribution >= 0.6 is 0 Å². The number of aliphatic hydroxyl groups is 3. The molecule has 3 N–H and O–H groups in total. The van der Waals surface area contributed by atoms with E-state index in [4.69, 9.17) is 0 Å². The van der Waals surface area contributed by atoms with Gasteiger partial charge in [0.15, 0.2) is 0 Å². The maximum atomic E-state index is 9.76. The van der Waals surface area contributed by atoms with Gasteiger partial charge in [-0.1, -0.05) is 45.3 Å². The molecule has 0 aromatic carbocycles. The molecule has 0 aromatic rings. The minimum atomic E-state index is -0.473. The minimum absolute atomic E-state index is 0.0224. The predicted molar refractivity (Wildman–Crippen MR) is 68.6 cm³/mol. The van der Waals surface area contributed by atoms with Gasteiger partial charge in [0.2, 0.25) is 0 Å². The van der Waals surface area contributed by atoms with Gasteiger partial charge in [0.05, 0.1) is 18.3 Å². The molecular formula is C14H26O3. The molecule has 1 rings (SSSR count). The molecule has 5 atom stereocenters. The average Bonchev–Trinajstić information content (AvgIpc) is 2.51. The third kappa shape index (κ3) is 4.41. The maximum Gasteiger partial charge on any atom is 0.0721 e. The molecule has 3 nitrogen and oxygen atoms in total. The SMILES string of the molecule is CCCCCC(O)/C=C/C1C(O)CC(O)C1C. The van der Waals surface area contributed by atoms with E-state index in [0.29, 0.717) is 6.42 Å². The molecule has 100 valence electrons. The number of hydrogen-bond donors (Lipinski definition) is 3. The Morgan fingerprint density at radius 1 is 1.24 bits per heavy atom. The van der Waals surface area contributed by atoms with E-state index in [9.17, 15) is 15.3 Å². The van der Waals surface area contributed by atoms with Crippen LogP contribution in [0.25, 0.3) is 0 Å². The summed E-state index contributed by atoms with van der Waals surface area (Å²) < 4.78 is 0. The fraction of sp³-hybridized carbons (Fsp3) is 0.857. The van der Waals surface area contributed by atoms with Gasteiger partial charge < -0.3 is 15.3 Å². The molecule has 0 spiro atoms. The second-order valence-electron chi connectivity index (χ2n) is 5.25. The van der Waals surface area contributed by atoms with Crippen LogP contribution in [0.3, 0.4) is 0 Å². The molecule has 0 heterocycles. The first kappa shape index (κ1) is 14.7. The molecule has 0 aromatic heterocycles. The van der Waals surface area contributed by atoms with Crippen LogP contribution < -0.4 is 0 Å². The highest BCUT2D eigenvalue weighted by Crippen LogP contribution is 2.33. The molecule has 5 unspecified atom stereocenters. The van der Waals surface area contributed by atoms with Gasteiger partial charge in [0, 0.05) is 12.3 Å². The Bertz CT molecular complexity index is 240. The molecule has 0 amide bonds. The van der Waals surface area contributed by atoms with Crippen LogP contribution in [-0.2, 0) is 0 Å². The predicted octanol–water partition coefficient (Wildman–Crippen LogP) is 1.86. The summed E-state index contributed by atoms with van der Waals surface area (Å²) in [5.74, 6) is 0.0508. The van der Waals surface area contributed by atoms with Crippen LogP contribution in [0.4, 0.5) is 0 Å². The van der Waals surface area contributed by atoms with Crippen LogP contribution in [0.2, 0.25) is 0 Å². The molecule has 0 radical (unpaired) electrons. The fourth-order valence-electron chi connectivity index (χ4n) is 2.49. The number of aliphatic hydroxyl groups excluding tert-OH is 3. The average molecular weight is 242 g/mol. The first-order valence-electron chi connectivity index (χ1n) is 6.78. The lowest BCUT2D eigenvalue weighted by atomic mass is 9.94. The second-order valence-corrected chi connectivity index (χ2v) is 5.25. The normalized spacial score (nSPS) is 35.6. The molecule has 0 saturated heterocycles. The Morgan fingerprint density at radius 3 is 2.47 bits per heavy atom. The van der Waals surface area contributed by atoms with Gasteiger partial charge in [-0.15, -0.1) is 0 Å². The highest BCUT2D eigenvalue weighted by atomic mass is 16.3. The van der Waals surface area contributed by atoms with E-state index in [1.165, 1.54) is 0 Å². The highest BCUT2D eigenvalue weighted by Gasteiger charge is 2.37. The highest BCUT2D eigenvalue weighted by molar-refractivity contribution is 5.03. The Hall–Kier alpha value is -0.380. The molecule has 0 bridgehead atoms. The summed E-state index contributed by atoms with van der Waals surface area (Å²) in [5, 5.41) is 29.1. The Labute approximate surface area is 104 Å². The summed E-state index contributed by atoms with van der Waals surface area (Å²) in [6, 6.07) is 0. The Morgan fingerprint density at radius 2 is 1.94 bits per heavy atom. The van der Waals surface area contributed by atoms with Crippen molar-refractivity contribution < 1.29 is 15.3 Å². The van der Waals surface area contributed by atoms with Gasteiger partial charge in [-0.2, -0.15) is 0 Å². The van der Waals surface area contributed by atoms with Crippen LogP contribution in [0.5, 0.6) is 0 Å². The smallest absolute Gasteiger partial charge is 0.0721 e. The van der Waals surface area contributed by atoms with Gasteiger partial charge in [0.25, 0.3) is 0 Å². The molecule has 17 heavy (non-hydrogen) atoms. The van der Waals surface area contributed by atoms with E-state index in [1.54, 1.807) is 6.08 Å². The van der Waals surface area contributed by atoms with Gasteiger partial charge in [0.1, 0.15) is 0 Å². The van der Waals surface area contributed by atoms with Crippen molar-refractivity contribution in [1.82, 2.24) is 0 Å². The van der Waals surface area contributed by atoms with Crippen molar-refractivity contribution in [1.29, 1.82) is 0 Å². The molecule has 3 heteroatoms. The van der Waals surface area contributed by atoms with E-state index >= 15 is 0 Å². The van der Waals surface area contributed by atoms with E-state index < -0.39 is 18.3 Å². The maximum absolute atomic E-state index is 9.76. The van der Waals surface area contributed by atoms with Crippen LogP contribution in [0.15, 0.2) is 12.2 Å². The summed E-state index contributed by atoms with van der Waals surface area (Å²) in [6.07, 6.45) is 6.90. The lowest BCUT2D eigenvalue weighted by Crippen LogP contribution is -2.17. The van der Waals surface area contributed by atoms with Crippen molar-refractivity contribution in [2.75, 3.05) is 0 Å². The molecule has 1 fully saturated rings. The molecule has 1 saturated carbocycles. The third-order valence-electron chi connectivity index (χ3n) is 3.80. The lowest BCUT2D eigenvalue weighted by molar-refractivity contribution is 0.123. The zero-order chi connectivity index (χ0) is 12.8. The van der Waals surface area contributed by atoms with E-state index in [0.717, 1.165) is 25.7 Å². The topological polar surface area (TPSA) is 60.7 Å². The van der Waals surface area contributed by atoms with Crippen molar-refractivity contribution in [3.63, 3.8) is 0 Å². The summed E-state index contributed by atoms with van der Waals surface area (Å²) in [6.45, 7) is 4.08. The zero-order valence-corrected chi connectivity index (χ0v) is 10.9. The van der Waals surface area contributed by atoms with E-state index in [2.05, 4.69) is 6.92 Å². The first-order valence-corrected chi connectivity index (χ1v) is 6.78. The monoisotopic (exact) mass is 242 g/mol. The largest absolute Gasteiger partial charge is 0.393 e. The van der Waals surface area contributed by atoms with Crippen molar-refractivity contribution in [2.45, 2.75) is 64.3 Å². The quantitative estimate of drug-likeness (QED) is 0.492. The van der Waals surface area contributed by atoms with Crippen LogP contribution in [-0.4, -0.2) is 33.6 Å². The van der Waals surface area contributed by atoms with Crippen LogP contribution in [0, 0.1) is 11.8 Å². The van der Waals surface area contributed by atoms with E-state index in [1.807, 2.05) is 13.0 Å². The standard InChI is InChI=1S/C14H26O3/c1-3-4-5-6-11(15)7-8-12-10(2)13(16)9-14(12)17/h7-8,10-17H,3-6,9H2,1-2H3/b8-7+. The number of unbranched alkanes of at least 4 members (excludes halogenated alkanes) is 2. The van der Waals surface area contributed by atoms with Gasteiger partial charge in [-0.05, 0) is 12.3 Å². The molecule has 1 aliphatic rings. The summed E-state index contributed by atoms with van der Waals surface area (Å²) in [4.78, 5) is 0. The summed E-state index contributed by atoms with van der Waals surface area (Å²) >= 11 is 0. The fourth-order valence-corrected chi connectivity index (χ4v) is 2.49. The van der Waals surface area contributed by atoms with Gasteiger partial charge >= 0.3 is 0 Å². The van der Waals surface area contributed by atoms with Gasteiger partial charge in [-0.25, -0.2) is 0 Å². The Kier molecular flexibility index (Phi) is 6.17. The Balaban J connectivity index is 2.36.